The van der Waals surface area contributed by atoms with Crippen LogP contribution in [0.4, 0.5) is 5.82 Å². The maximum Gasteiger partial charge on any atom is 0.201 e. The van der Waals surface area contributed by atoms with Crippen LogP contribution in [0.25, 0.3) is 22.6 Å². The number of oxazole rings is 1. The van der Waals surface area contributed by atoms with Crippen LogP contribution in [0.5, 0.6) is 0 Å². The summed E-state index contributed by atoms with van der Waals surface area (Å²) in [5, 5.41) is 0.885. The van der Waals surface area contributed by atoms with Gasteiger partial charge in [-0.2, -0.15) is 0 Å². The zero-order valence-corrected chi connectivity index (χ0v) is 9.27. The predicted molar refractivity (Wildman–Crippen MR) is 63.2 cm³/mol. The number of fused-ring (bicyclic) bond motifs is 1. The number of nitrogens with one attached hydrogen (secondary N) is 1. The first-order valence-corrected chi connectivity index (χ1v) is 5.32. The fourth-order valence-electron chi connectivity index (χ4n) is 1.84. The van der Waals surface area contributed by atoms with Gasteiger partial charge in [0, 0.05) is 6.20 Å². The first kappa shape index (κ1) is 9.83. The van der Waals surface area contributed by atoms with Gasteiger partial charge in [-0.1, -0.05) is 6.92 Å². The number of aromatic nitrogens is 4. The minimum Gasteiger partial charge on any atom is -0.440 e. The number of anilines is 1. The second-order valence-corrected chi connectivity index (χ2v) is 3.69. The number of H-pyrrole nitrogens is 1. The summed E-state index contributed by atoms with van der Waals surface area (Å²) >= 11 is 0. The van der Waals surface area contributed by atoms with Crippen molar-refractivity contribution in [1.29, 1.82) is 0 Å². The number of hydrogen-bond donors (Lipinski definition) is 2. The number of rotatable bonds is 2. The summed E-state index contributed by atoms with van der Waals surface area (Å²) in [6, 6.07) is 0. The average molecular weight is 229 g/mol. The molecule has 17 heavy (non-hydrogen) atoms. The Morgan fingerprint density at radius 3 is 3.00 bits per heavy atom. The summed E-state index contributed by atoms with van der Waals surface area (Å²) in [5.74, 6) is 1.41. The minimum absolute atomic E-state index is 0.442. The number of aromatic amines is 1. The quantitative estimate of drug-likeness (QED) is 0.698. The lowest BCUT2D eigenvalue weighted by atomic mass is 10.2. The lowest BCUT2D eigenvalue weighted by molar-refractivity contribution is 0.567. The molecule has 3 aromatic rings. The first-order chi connectivity index (χ1) is 8.29. The van der Waals surface area contributed by atoms with Crippen molar-refractivity contribution in [1.82, 2.24) is 19.9 Å². The molecule has 0 bridgehead atoms. The number of nitrogens with two attached hydrogens (primary N) is 1. The molecule has 3 N–H and O–H groups in total. The molecule has 0 saturated carbocycles. The molecule has 0 saturated heterocycles. The maximum absolute atomic E-state index is 5.95. The van der Waals surface area contributed by atoms with Crippen LogP contribution in [-0.4, -0.2) is 19.9 Å². The topological polar surface area (TPSA) is 93.6 Å². The van der Waals surface area contributed by atoms with Crippen molar-refractivity contribution < 1.29 is 4.42 Å². The van der Waals surface area contributed by atoms with E-state index in [-0.39, 0.29) is 0 Å². The molecule has 0 aliphatic carbocycles. The molecule has 0 spiro atoms. The van der Waals surface area contributed by atoms with Crippen molar-refractivity contribution in [3.05, 3.63) is 24.4 Å². The summed E-state index contributed by atoms with van der Waals surface area (Å²) in [6.45, 7) is 2.06. The summed E-state index contributed by atoms with van der Waals surface area (Å²) in [6.07, 6.45) is 5.69. The molecule has 3 aromatic heterocycles. The molecule has 0 amide bonds. The molecule has 0 fully saturated rings. The first-order valence-electron chi connectivity index (χ1n) is 5.32. The Bertz CT molecular complexity index is 656. The van der Waals surface area contributed by atoms with E-state index in [0.29, 0.717) is 17.4 Å². The minimum atomic E-state index is 0.442. The van der Waals surface area contributed by atoms with Crippen LogP contribution in [0, 0.1) is 0 Å². The number of aryl methyl sites for hydroxylation is 1. The van der Waals surface area contributed by atoms with Crippen molar-refractivity contribution in [2.24, 2.45) is 0 Å². The molecule has 6 nitrogen and oxygen atoms in total. The molecule has 86 valence electrons. The van der Waals surface area contributed by atoms with Gasteiger partial charge in [0.05, 0.1) is 11.6 Å². The van der Waals surface area contributed by atoms with Crippen LogP contribution in [0.15, 0.2) is 23.2 Å². The molecule has 3 rings (SSSR count). The van der Waals surface area contributed by atoms with Crippen molar-refractivity contribution in [2.45, 2.75) is 13.3 Å². The molecular weight excluding hydrogens is 218 g/mol. The largest absolute Gasteiger partial charge is 0.440 e. The molecule has 0 aliphatic rings. The Labute approximate surface area is 96.9 Å². The molecule has 0 aromatic carbocycles. The molecule has 6 heteroatoms. The van der Waals surface area contributed by atoms with E-state index in [1.807, 2.05) is 6.20 Å². The Balaban J connectivity index is 2.25. The van der Waals surface area contributed by atoms with Crippen LogP contribution in [0.2, 0.25) is 0 Å². The van der Waals surface area contributed by atoms with Crippen LogP contribution in [0.3, 0.4) is 0 Å². The van der Waals surface area contributed by atoms with Gasteiger partial charge in [-0.15, -0.1) is 0 Å². The van der Waals surface area contributed by atoms with E-state index in [0.717, 1.165) is 23.0 Å². The average Bonchev–Trinajstić information content (AvgIpc) is 2.97. The standard InChI is InChI=1S/C11H11N5O/c1-2-6-3-14-11-8(6)9(12)15-10(16-11)7-4-13-5-17-7/h3-5H,2H2,1H3,(H3,12,14,15,16). The third-order valence-electron chi connectivity index (χ3n) is 2.67. The smallest absolute Gasteiger partial charge is 0.201 e. The zero-order chi connectivity index (χ0) is 11.8. The van der Waals surface area contributed by atoms with Crippen molar-refractivity contribution in [3.8, 4) is 11.6 Å². The molecule has 0 radical (unpaired) electrons. The highest BCUT2D eigenvalue weighted by Crippen LogP contribution is 2.25. The van der Waals surface area contributed by atoms with E-state index in [1.54, 1.807) is 6.20 Å². The van der Waals surface area contributed by atoms with Gasteiger partial charge >= 0.3 is 0 Å². The highest BCUT2D eigenvalue weighted by Gasteiger charge is 2.13. The van der Waals surface area contributed by atoms with Crippen LogP contribution in [-0.2, 0) is 6.42 Å². The van der Waals surface area contributed by atoms with Crippen molar-refractivity contribution in [2.75, 3.05) is 5.73 Å². The van der Waals surface area contributed by atoms with E-state index < -0.39 is 0 Å². The fraction of sp³-hybridized carbons (Fsp3) is 0.182. The third kappa shape index (κ3) is 1.45. The van der Waals surface area contributed by atoms with E-state index in [9.17, 15) is 0 Å². The van der Waals surface area contributed by atoms with Crippen molar-refractivity contribution >= 4 is 16.9 Å². The highest BCUT2D eigenvalue weighted by atomic mass is 16.3. The second kappa shape index (κ2) is 3.58. The van der Waals surface area contributed by atoms with Gasteiger partial charge < -0.3 is 15.1 Å². The Kier molecular flexibility index (Phi) is 2.07. The monoisotopic (exact) mass is 229 g/mol. The zero-order valence-electron chi connectivity index (χ0n) is 9.27. The highest BCUT2D eigenvalue weighted by molar-refractivity contribution is 5.90. The number of nitrogens with zero attached hydrogens (tertiary/aromatic N) is 3. The van der Waals surface area contributed by atoms with Gasteiger partial charge in [-0.05, 0) is 12.0 Å². The fourth-order valence-corrected chi connectivity index (χ4v) is 1.84. The normalized spacial score (nSPS) is 11.1. The molecule has 0 unspecified atom stereocenters. The molecule has 0 aliphatic heterocycles. The van der Waals surface area contributed by atoms with Crippen LogP contribution < -0.4 is 5.73 Å². The lowest BCUT2D eigenvalue weighted by Crippen LogP contribution is -1.97. The van der Waals surface area contributed by atoms with Gasteiger partial charge in [0.1, 0.15) is 11.5 Å². The van der Waals surface area contributed by atoms with Gasteiger partial charge in [-0.25, -0.2) is 15.0 Å². The summed E-state index contributed by atoms with van der Waals surface area (Å²) in [4.78, 5) is 15.5. The van der Waals surface area contributed by atoms with E-state index in [4.69, 9.17) is 10.2 Å². The van der Waals surface area contributed by atoms with Crippen LogP contribution in [0.1, 0.15) is 12.5 Å². The van der Waals surface area contributed by atoms with Gasteiger partial charge in [0.2, 0.25) is 5.82 Å². The summed E-state index contributed by atoms with van der Waals surface area (Å²) in [7, 11) is 0. The van der Waals surface area contributed by atoms with E-state index in [2.05, 4.69) is 26.9 Å². The van der Waals surface area contributed by atoms with Gasteiger partial charge in [0.25, 0.3) is 0 Å². The van der Waals surface area contributed by atoms with Crippen molar-refractivity contribution in [3.63, 3.8) is 0 Å². The Hall–Kier alpha value is -2.37. The number of nitrogen functional groups attached to an aromatic ring is 1. The number of hydrogen-bond acceptors (Lipinski definition) is 5. The van der Waals surface area contributed by atoms with E-state index in [1.165, 1.54) is 6.39 Å². The van der Waals surface area contributed by atoms with E-state index >= 15 is 0 Å². The molecular formula is C11H11N5O. The third-order valence-corrected chi connectivity index (χ3v) is 2.67. The Morgan fingerprint density at radius 2 is 2.29 bits per heavy atom. The molecule has 3 heterocycles. The molecule has 0 atom stereocenters. The lowest BCUT2D eigenvalue weighted by Gasteiger charge is -2.00. The summed E-state index contributed by atoms with van der Waals surface area (Å²) < 4.78 is 5.15. The van der Waals surface area contributed by atoms with Crippen LogP contribution >= 0.6 is 0 Å². The Morgan fingerprint density at radius 1 is 1.41 bits per heavy atom. The predicted octanol–water partition coefficient (Wildman–Crippen LogP) is 1.76. The van der Waals surface area contributed by atoms with Gasteiger partial charge in [-0.3, -0.25) is 0 Å². The second-order valence-electron chi connectivity index (χ2n) is 3.69. The van der Waals surface area contributed by atoms with Gasteiger partial charge in [0.15, 0.2) is 12.2 Å². The maximum atomic E-state index is 5.95. The SMILES string of the molecule is CCc1c[nH]c2nc(-c3cnco3)nc(N)c12. The summed E-state index contributed by atoms with van der Waals surface area (Å²) in [5.41, 5.74) is 7.79.